The summed E-state index contributed by atoms with van der Waals surface area (Å²) in [7, 11) is 0. The van der Waals surface area contributed by atoms with Crippen LogP contribution in [0, 0.1) is 0 Å². The quantitative estimate of drug-likeness (QED) is 0.277. The first-order valence-electron chi connectivity index (χ1n) is 8.54. The first-order valence-corrected chi connectivity index (χ1v) is 8.54. The lowest BCUT2D eigenvalue weighted by Crippen LogP contribution is -1.56. The highest BCUT2D eigenvalue weighted by Crippen LogP contribution is 2.04. The van der Waals surface area contributed by atoms with Crippen molar-refractivity contribution in [2.75, 3.05) is 0 Å². The van der Waals surface area contributed by atoms with E-state index in [-0.39, 0.29) is 27.0 Å². The zero-order valence-electron chi connectivity index (χ0n) is 16.3. The first kappa shape index (κ1) is 29.0. The third-order valence-corrected chi connectivity index (χ3v) is 3.02. The number of aromatic hydroxyl groups is 4. The average molecular weight is 445 g/mol. The summed E-state index contributed by atoms with van der Waals surface area (Å²) in [6.45, 7) is 0. The fourth-order valence-corrected chi connectivity index (χ4v) is 1.71. The summed E-state index contributed by atoms with van der Waals surface area (Å²) in [5.74, 6) is 1.29. The Morgan fingerprint density at radius 3 is 0.467 bits per heavy atom. The average Bonchev–Trinajstić information content (AvgIpc) is 2.72. The summed E-state index contributed by atoms with van der Waals surface area (Å²) in [6, 6.07) is 34.9. The lowest BCUT2D eigenvalue weighted by molar-refractivity contribution is 0.475. The molecule has 0 radical (unpaired) electrons. The van der Waals surface area contributed by atoms with E-state index in [2.05, 4.69) is 0 Å². The van der Waals surface area contributed by atoms with E-state index in [1.165, 1.54) is 0 Å². The van der Waals surface area contributed by atoms with Gasteiger partial charge in [-0.1, -0.05) is 72.8 Å². The molecule has 0 aliphatic heterocycles. The van der Waals surface area contributed by atoms with E-state index in [0.717, 1.165) is 0 Å². The van der Waals surface area contributed by atoms with Crippen LogP contribution >= 0.6 is 27.0 Å². The van der Waals surface area contributed by atoms with Gasteiger partial charge >= 0.3 is 0 Å². The SMILES string of the molecule is Oc1ccccc1.Oc1ccccc1.Oc1ccccc1.Oc1ccccc1.S.S. The molecule has 6 heteroatoms. The van der Waals surface area contributed by atoms with Crippen molar-refractivity contribution in [1.82, 2.24) is 0 Å². The normalized spacial score (nSPS) is 8.00. The molecule has 0 amide bonds. The standard InChI is InChI=1S/4C6H6O.2H2S/c4*7-6-4-2-1-3-5-6;;/h4*1-5,7H;2*1H2. The van der Waals surface area contributed by atoms with Gasteiger partial charge in [-0.25, -0.2) is 0 Å². The number of hydrogen-bond donors (Lipinski definition) is 4. The number of hydrogen-bond acceptors (Lipinski definition) is 4. The summed E-state index contributed by atoms with van der Waals surface area (Å²) in [5, 5.41) is 34.5. The Balaban J connectivity index is 0. The van der Waals surface area contributed by atoms with Crippen molar-refractivity contribution < 1.29 is 20.4 Å². The molecule has 4 N–H and O–H groups in total. The van der Waals surface area contributed by atoms with Gasteiger partial charge in [0.15, 0.2) is 0 Å². The van der Waals surface area contributed by atoms with Gasteiger partial charge in [0.05, 0.1) is 0 Å². The Morgan fingerprint density at radius 1 is 0.267 bits per heavy atom. The van der Waals surface area contributed by atoms with Gasteiger partial charge in [0.2, 0.25) is 0 Å². The predicted molar refractivity (Wildman–Crippen MR) is 133 cm³/mol. The van der Waals surface area contributed by atoms with E-state index >= 15 is 0 Å². The molecular weight excluding hydrogens is 416 g/mol. The minimum Gasteiger partial charge on any atom is -0.508 e. The molecule has 4 nitrogen and oxygen atoms in total. The number of phenolic OH excluding ortho intramolecular Hbond substituents is 4. The zero-order chi connectivity index (χ0) is 20.5. The molecule has 0 spiro atoms. The second-order valence-electron chi connectivity index (χ2n) is 5.34. The number of rotatable bonds is 0. The van der Waals surface area contributed by atoms with Crippen LogP contribution in [-0.4, -0.2) is 20.4 Å². The molecule has 0 unspecified atom stereocenters. The Bertz CT molecular complexity index is 697. The van der Waals surface area contributed by atoms with Crippen LogP contribution in [0.3, 0.4) is 0 Å². The summed E-state index contributed by atoms with van der Waals surface area (Å²) in [6.07, 6.45) is 0. The minimum atomic E-state index is 0. The lowest BCUT2D eigenvalue weighted by atomic mass is 10.3. The molecule has 0 aliphatic rings. The van der Waals surface area contributed by atoms with Crippen LogP contribution in [0.2, 0.25) is 0 Å². The minimum absolute atomic E-state index is 0. The van der Waals surface area contributed by atoms with Crippen LogP contribution in [-0.2, 0) is 0 Å². The third-order valence-electron chi connectivity index (χ3n) is 3.02. The van der Waals surface area contributed by atoms with E-state index in [1.807, 2.05) is 24.3 Å². The maximum atomic E-state index is 8.63. The first-order chi connectivity index (χ1) is 13.6. The second kappa shape index (κ2) is 19.1. The Morgan fingerprint density at radius 2 is 0.400 bits per heavy atom. The van der Waals surface area contributed by atoms with Gasteiger partial charge < -0.3 is 20.4 Å². The highest BCUT2D eigenvalue weighted by molar-refractivity contribution is 7.59. The largest absolute Gasteiger partial charge is 0.508 e. The highest BCUT2D eigenvalue weighted by Gasteiger charge is 1.76. The summed E-state index contributed by atoms with van der Waals surface area (Å²) in [4.78, 5) is 0. The van der Waals surface area contributed by atoms with Gasteiger partial charge in [0, 0.05) is 0 Å². The highest BCUT2D eigenvalue weighted by atomic mass is 32.1. The molecule has 0 saturated heterocycles. The lowest BCUT2D eigenvalue weighted by Gasteiger charge is -1.82. The fourth-order valence-electron chi connectivity index (χ4n) is 1.71. The number of benzene rings is 4. The van der Waals surface area contributed by atoms with Crippen molar-refractivity contribution in [2.24, 2.45) is 0 Å². The molecular formula is C24H28O4S2. The van der Waals surface area contributed by atoms with Crippen LogP contribution in [0.5, 0.6) is 23.0 Å². The van der Waals surface area contributed by atoms with Gasteiger partial charge in [0.25, 0.3) is 0 Å². The number of phenols is 4. The summed E-state index contributed by atoms with van der Waals surface area (Å²) < 4.78 is 0. The molecule has 0 saturated carbocycles. The topological polar surface area (TPSA) is 80.9 Å². The molecule has 160 valence electrons. The maximum absolute atomic E-state index is 8.63. The van der Waals surface area contributed by atoms with Crippen molar-refractivity contribution in [1.29, 1.82) is 0 Å². The van der Waals surface area contributed by atoms with Crippen molar-refractivity contribution in [3.8, 4) is 23.0 Å². The van der Waals surface area contributed by atoms with E-state index in [0.29, 0.717) is 23.0 Å². The smallest absolute Gasteiger partial charge is 0.115 e. The monoisotopic (exact) mass is 444 g/mol. The molecule has 0 aromatic heterocycles. The van der Waals surface area contributed by atoms with E-state index in [9.17, 15) is 0 Å². The van der Waals surface area contributed by atoms with Crippen LogP contribution in [0.1, 0.15) is 0 Å². The Hall–Kier alpha value is -3.22. The Kier molecular flexibility index (Phi) is 18.5. The van der Waals surface area contributed by atoms with Crippen LogP contribution in [0.4, 0.5) is 0 Å². The van der Waals surface area contributed by atoms with Crippen molar-refractivity contribution in [3.63, 3.8) is 0 Å². The van der Waals surface area contributed by atoms with Crippen LogP contribution in [0.25, 0.3) is 0 Å². The van der Waals surface area contributed by atoms with Crippen molar-refractivity contribution in [3.05, 3.63) is 121 Å². The van der Waals surface area contributed by atoms with E-state index < -0.39 is 0 Å². The molecule has 0 heterocycles. The van der Waals surface area contributed by atoms with Crippen LogP contribution in [0.15, 0.2) is 121 Å². The zero-order valence-corrected chi connectivity index (χ0v) is 18.3. The predicted octanol–water partition coefficient (Wildman–Crippen LogP) is 5.79. The van der Waals surface area contributed by atoms with Crippen LogP contribution < -0.4 is 0 Å². The molecule has 0 aliphatic carbocycles. The summed E-state index contributed by atoms with van der Waals surface area (Å²) in [5.41, 5.74) is 0. The maximum Gasteiger partial charge on any atom is 0.115 e. The van der Waals surface area contributed by atoms with Gasteiger partial charge in [-0.2, -0.15) is 27.0 Å². The summed E-state index contributed by atoms with van der Waals surface area (Å²) >= 11 is 0. The molecule has 0 bridgehead atoms. The molecule has 4 rings (SSSR count). The third kappa shape index (κ3) is 16.9. The molecule has 0 atom stereocenters. The Labute approximate surface area is 191 Å². The molecule has 4 aromatic carbocycles. The second-order valence-corrected chi connectivity index (χ2v) is 5.34. The van der Waals surface area contributed by atoms with E-state index in [4.69, 9.17) is 20.4 Å². The van der Waals surface area contributed by atoms with E-state index in [1.54, 1.807) is 97.1 Å². The molecule has 30 heavy (non-hydrogen) atoms. The van der Waals surface area contributed by atoms with Gasteiger partial charge in [0.1, 0.15) is 23.0 Å². The molecule has 0 fully saturated rings. The number of para-hydroxylation sites is 4. The molecule has 4 aromatic rings. The van der Waals surface area contributed by atoms with Gasteiger partial charge in [-0.15, -0.1) is 0 Å². The van der Waals surface area contributed by atoms with Gasteiger partial charge in [-0.05, 0) is 48.5 Å². The van der Waals surface area contributed by atoms with Crippen molar-refractivity contribution in [2.45, 2.75) is 0 Å². The fraction of sp³-hybridized carbons (Fsp3) is 0. The van der Waals surface area contributed by atoms with Crippen molar-refractivity contribution >= 4 is 27.0 Å². The van der Waals surface area contributed by atoms with Gasteiger partial charge in [-0.3, -0.25) is 0 Å².